The summed E-state index contributed by atoms with van der Waals surface area (Å²) in [5.74, 6) is -0.616. The van der Waals surface area contributed by atoms with Gasteiger partial charge in [0, 0.05) is 19.6 Å². The minimum absolute atomic E-state index is 0.183. The minimum Gasteiger partial charge on any atom is -0.466 e. The van der Waals surface area contributed by atoms with Gasteiger partial charge in [0.2, 0.25) is 0 Å². The van der Waals surface area contributed by atoms with E-state index in [-0.39, 0.29) is 43.4 Å². The molecular formula is C51H94N2O6. The van der Waals surface area contributed by atoms with Crippen molar-refractivity contribution in [3.05, 3.63) is 24.3 Å². The summed E-state index contributed by atoms with van der Waals surface area (Å²) in [6, 6.07) is -0.189. The third kappa shape index (κ3) is 36.2. The second-order valence-electron chi connectivity index (χ2n) is 17.3. The number of unbranched alkanes of at least 4 members (excludes halogenated alkanes) is 24. The number of nitrogens with zero attached hydrogens (tertiary/aromatic N) is 2. The number of rotatable bonds is 42. The molecule has 0 aromatic heterocycles. The van der Waals surface area contributed by atoms with E-state index in [2.05, 4.69) is 43.1 Å². The summed E-state index contributed by atoms with van der Waals surface area (Å²) in [5.41, 5.74) is 0. The molecule has 1 heterocycles. The zero-order valence-corrected chi connectivity index (χ0v) is 39.0. The Morgan fingerprint density at radius 1 is 0.492 bits per heavy atom. The topological polar surface area (TPSA) is 85.4 Å². The number of esters is 3. The number of piperidine rings is 1. The van der Waals surface area contributed by atoms with Gasteiger partial charge < -0.3 is 14.2 Å². The Kier molecular flexibility index (Phi) is 39.5. The molecule has 1 unspecified atom stereocenters. The molecule has 0 aromatic carbocycles. The summed E-state index contributed by atoms with van der Waals surface area (Å²) in [7, 11) is 1.98. The van der Waals surface area contributed by atoms with Crippen LogP contribution in [0.4, 0.5) is 0 Å². The molecule has 1 rings (SSSR count). The van der Waals surface area contributed by atoms with Crippen LogP contribution in [0.15, 0.2) is 24.3 Å². The average molecular weight is 831 g/mol. The zero-order chi connectivity index (χ0) is 42.7. The predicted octanol–water partition coefficient (Wildman–Crippen LogP) is 13.3. The lowest BCUT2D eigenvalue weighted by atomic mass is 10.0. The summed E-state index contributed by atoms with van der Waals surface area (Å²) in [6.45, 7) is 7.96. The molecular weight excluding hydrogens is 737 g/mol. The largest absolute Gasteiger partial charge is 0.466 e. The first-order valence-electron chi connectivity index (χ1n) is 25.2. The average Bonchev–Trinajstić information content (AvgIpc) is 3.23. The third-order valence-corrected chi connectivity index (χ3v) is 11.8. The first kappa shape index (κ1) is 54.8. The van der Waals surface area contributed by atoms with E-state index in [1.54, 1.807) is 0 Å². The van der Waals surface area contributed by atoms with Crippen LogP contribution in [0, 0.1) is 0 Å². The lowest BCUT2D eigenvalue weighted by molar-refractivity contribution is -0.152. The first-order valence-corrected chi connectivity index (χ1v) is 25.2. The Balaban J connectivity index is 2.20. The highest BCUT2D eigenvalue weighted by atomic mass is 16.5. The molecule has 1 saturated heterocycles. The van der Waals surface area contributed by atoms with E-state index in [4.69, 9.17) is 14.2 Å². The number of likely N-dealkylation sites (tertiary alicyclic amines) is 1. The van der Waals surface area contributed by atoms with Gasteiger partial charge in [-0.15, -0.1) is 0 Å². The molecule has 1 aliphatic rings. The Labute approximate surface area is 364 Å². The second-order valence-corrected chi connectivity index (χ2v) is 17.3. The molecule has 0 radical (unpaired) electrons. The van der Waals surface area contributed by atoms with Crippen molar-refractivity contribution < 1.29 is 28.6 Å². The predicted molar refractivity (Wildman–Crippen MR) is 248 cm³/mol. The van der Waals surface area contributed by atoms with Crippen LogP contribution in [-0.2, 0) is 28.6 Å². The number of likely N-dealkylation sites (N-methyl/N-ethyl adjacent to an activating group) is 1. The van der Waals surface area contributed by atoms with Gasteiger partial charge in [0.15, 0.2) is 0 Å². The van der Waals surface area contributed by atoms with Crippen LogP contribution in [0.3, 0.4) is 0 Å². The van der Waals surface area contributed by atoms with Gasteiger partial charge >= 0.3 is 17.9 Å². The molecule has 0 saturated carbocycles. The van der Waals surface area contributed by atoms with E-state index >= 15 is 0 Å². The van der Waals surface area contributed by atoms with Crippen LogP contribution in [0.25, 0.3) is 0 Å². The van der Waals surface area contributed by atoms with Crippen molar-refractivity contribution >= 4 is 17.9 Å². The lowest BCUT2D eigenvalue weighted by Crippen LogP contribution is -2.43. The number of hydrogen-bond donors (Lipinski definition) is 0. The van der Waals surface area contributed by atoms with Gasteiger partial charge in [0.05, 0.1) is 26.1 Å². The Morgan fingerprint density at radius 3 is 1.29 bits per heavy atom. The van der Waals surface area contributed by atoms with Crippen LogP contribution in [0.2, 0.25) is 0 Å². The second kappa shape index (κ2) is 42.5. The van der Waals surface area contributed by atoms with Gasteiger partial charge in [-0.05, 0) is 90.6 Å². The summed E-state index contributed by atoms with van der Waals surface area (Å²) >= 11 is 0. The maximum atomic E-state index is 12.8. The standard InChI is InChI=1S/C51H94N2O6/c1-4-6-8-10-12-14-16-18-20-22-24-26-28-30-32-36-45-57-49(54)39-42-53(44-47-59-51(56)48-38-34-35-41-52(48)3)43-40-50(55)58-46-37-33-31-29-27-25-23-21-19-17-15-13-11-9-7-5-2/h18-21,48H,4-17,22-47H2,1-3H3/b20-18-,21-19-. The molecule has 0 spiro atoms. The quantitative estimate of drug-likeness (QED) is 0.0260. The van der Waals surface area contributed by atoms with E-state index in [0.29, 0.717) is 32.8 Å². The Bertz CT molecular complexity index is 972. The number of allylic oxidation sites excluding steroid dienone is 4. The summed E-state index contributed by atoms with van der Waals surface area (Å²) < 4.78 is 16.8. The molecule has 1 fully saturated rings. The summed E-state index contributed by atoms with van der Waals surface area (Å²) in [5, 5.41) is 0. The van der Waals surface area contributed by atoms with E-state index in [9.17, 15) is 14.4 Å². The molecule has 0 amide bonds. The van der Waals surface area contributed by atoms with Crippen molar-refractivity contribution in [1.82, 2.24) is 9.80 Å². The van der Waals surface area contributed by atoms with Crippen molar-refractivity contribution in [2.45, 2.75) is 232 Å². The van der Waals surface area contributed by atoms with Crippen molar-refractivity contribution in [2.75, 3.05) is 53.0 Å². The molecule has 59 heavy (non-hydrogen) atoms. The van der Waals surface area contributed by atoms with Crippen LogP contribution < -0.4 is 0 Å². The van der Waals surface area contributed by atoms with Crippen LogP contribution >= 0.6 is 0 Å². The van der Waals surface area contributed by atoms with Crippen LogP contribution in [0.5, 0.6) is 0 Å². The lowest BCUT2D eigenvalue weighted by Gasteiger charge is -2.30. The molecule has 0 aromatic rings. The molecule has 0 N–H and O–H groups in total. The highest BCUT2D eigenvalue weighted by molar-refractivity contribution is 5.75. The molecule has 1 atom stereocenters. The SMILES string of the molecule is CCCCCCCC/C=C\CCCCCCCCOC(=O)CCN(CCOC(=O)C1CCCCN1C)CCC(=O)OCCCCCCCC/C=C\CCCCCCCC. The first-order chi connectivity index (χ1) is 29.0. The van der Waals surface area contributed by atoms with Crippen molar-refractivity contribution in [2.24, 2.45) is 0 Å². The van der Waals surface area contributed by atoms with Gasteiger partial charge in [-0.1, -0.05) is 160 Å². The maximum absolute atomic E-state index is 12.8. The number of carbonyl (C=O) groups excluding carboxylic acids is 3. The molecule has 8 heteroatoms. The fourth-order valence-electron chi connectivity index (χ4n) is 7.79. The third-order valence-electron chi connectivity index (χ3n) is 11.8. The zero-order valence-electron chi connectivity index (χ0n) is 39.0. The van der Waals surface area contributed by atoms with E-state index < -0.39 is 0 Å². The minimum atomic E-state index is -0.217. The number of carbonyl (C=O) groups is 3. The van der Waals surface area contributed by atoms with Gasteiger partial charge in [0.25, 0.3) is 0 Å². The summed E-state index contributed by atoms with van der Waals surface area (Å²) in [6.07, 6.45) is 47.9. The molecule has 8 nitrogen and oxygen atoms in total. The van der Waals surface area contributed by atoms with Crippen molar-refractivity contribution in [3.63, 3.8) is 0 Å². The summed E-state index contributed by atoms with van der Waals surface area (Å²) in [4.78, 5) is 42.1. The van der Waals surface area contributed by atoms with E-state index in [1.807, 2.05) is 11.9 Å². The molecule has 344 valence electrons. The number of hydrogen-bond acceptors (Lipinski definition) is 8. The fourth-order valence-corrected chi connectivity index (χ4v) is 7.79. The molecule has 0 aliphatic carbocycles. The van der Waals surface area contributed by atoms with E-state index in [1.165, 1.54) is 154 Å². The van der Waals surface area contributed by atoms with Crippen LogP contribution in [-0.4, -0.2) is 86.8 Å². The van der Waals surface area contributed by atoms with Crippen molar-refractivity contribution in [1.29, 1.82) is 0 Å². The van der Waals surface area contributed by atoms with Gasteiger partial charge in [-0.2, -0.15) is 0 Å². The van der Waals surface area contributed by atoms with Gasteiger partial charge in [0.1, 0.15) is 12.6 Å². The van der Waals surface area contributed by atoms with Gasteiger partial charge in [-0.25, -0.2) is 0 Å². The fraction of sp³-hybridized carbons (Fsp3) is 0.863. The molecule has 1 aliphatic heterocycles. The maximum Gasteiger partial charge on any atom is 0.323 e. The highest BCUT2D eigenvalue weighted by Gasteiger charge is 2.27. The molecule has 0 bridgehead atoms. The van der Waals surface area contributed by atoms with Crippen molar-refractivity contribution in [3.8, 4) is 0 Å². The monoisotopic (exact) mass is 831 g/mol. The van der Waals surface area contributed by atoms with Crippen LogP contribution in [0.1, 0.15) is 226 Å². The van der Waals surface area contributed by atoms with E-state index in [0.717, 1.165) is 51.5 Å². The highest BCUT2D eigenvalue weighted by Crippen LogP contribution is 2.17. The number of ether oxygens (including phenoxy) is 3. The normalized spacial score (nSPS) is 14.8. The Hall–Kier alpha value is -2.19. The Morgan fingerprint density at radius 2 is 0.881 bits per heavy atom. The smallest absolute Gasteiger partial charge is 0.323 e. The van der Waals surface area contributed by atoms with Gasteiger partial charge in [-0.3, -0.25) is 24.2 Å².